The first-order chi connectivity index (χ1) is 16.7. The quantitative estimate of drug-likeness (QED) is 0.402. The van der Waals surface area contributed by atoms with Crippen LogP contribution in [0, 0.1) is 6.92 Å². The van der Waals surface area contributed by atoms with E-state index in [-0.39, 0.29) is 37.1 Å². The van der Waals surface area contributed by atoms with Gasteiger partial charge in [0.25, 0.3) is 5.91 Å². The molecule has 0 spiro atoms. The minimum atomic E-state index is -0.853. The van der Waals surface area contributed by atoms with E-state index in [1.54, 1.807) is 41.3 Å². The molecule has 0 bridgehead atoms. The number of carbonyl (C=O) groups is 3. The maximum Gasteiger partial charge on any atom is 0.257 e. The van der Waals surface area contributed by atoms with E-state index in [1.807, 2.05) is 43.3 Å². The minimum absolute atomic E-state index is 0.0387. The maximum atomic E-state index is 13.5. The number of halogens is 1. The second-order valence-electron chi connectivity index (χ2n) is 9.34. The molecule has 1 fully saturated rings. The monoisotopic (exact) mass is 488 g/mol. The Balaban J connectivity index is 1.61. The maximum absolute atomic E-state index is 13.5. The highest BCUT2D eigenvalue weighted by molar-refractivity contribution is 6.30. The molecule has 4 rings (SSSR count). The Morgan fingerprint density at radius 3 is 2.14 bits per heavy atom. The Labute approximate surface area is 211 Å². The van der Waals surface area contributed by atoms with Crippen molar-refractivity contribution in [3.05, 3.63) is 100 Å². The summed E-state index contributed by atoms with van der Waals surface area (Å²) in [5, 5.41) is 0.591. The lowest BCUT2D eigenvalue weighted by atomic mass is 10.0. The fourth-order valence-electron chi connectivity index (χ4n) is 4.28. The molecule has 0 radical (unpaired) electrons. The van der Waals surface area contributed by atoms with Crippen LogP contribution in [0.15, 0.2) is 72.8 Å². The van der Waals surface area contributed by atoms with Gasteiger partial charge in [-0.1, -0.05) is 79.5 Å². The molecular weight excluding hydrogens is 460 g/mol. The molecule has 5 nitrogen and oxygen atoms in total. The molecule has 6 heteroatoms. The Morgan fingerprint density at radius 2 is 1.54 bits per heavy atom. The van der Waals surface area contributed by atoms with Gasteiger partial charge < -0.3 is 4.90 Å². The lowest BCUT2D eigenvalue weighted by molar-refractivity contribution is -0.138. The molecule has 1 atom stereocenters. The zero-order valence-corrected chi connectivity index (χ0v) is 21.0. The summed E-state index contributed by atoms with van der Waals surface area (Å²) >= 11 is 5.99. The van der Waals surface area contributed by atoms with Gasteiger partial charge in [0.2, 0.25) is 11.8 Å². The minimum Gasteiger partial charge on any atom is -0.325 e. The van der Waals surface area contributed by atoms with Crippen LogP contribution in [-0.2, 0) is 27.3 Å². The summed E-state index contributed by atoms with van der Waals surface area (Å²) in [6.45, 7) is 6.42. The Hall–Kier alpha value is -3.44. The molecule has 1 aliphatic heterocycles. The van der Waals surface area contributed by atoms with Gasteiger partial charge in [-0.3, -0.25) is 14.4 Å². The van der Waals surface area contributed by atoms with Gasteiger partial charge in [-0.15, -0.1) is 0 Å². The number of nitrogens with zero attached hydrogens (tertiary/aromatic N) is 2. The second-order valence-corrected chi connectivity index (χ2v) is 9.78. The third-order valence-electron chi connectivity index (χ3n) is 6.38. The van der Waals surface area contributed by atoms with Crippen molar-refractivity contribution < 1.29 is 14.4 Å². The van der Waals surface area contributed by atoms with Crippen molar-refractivity contribution in [2.24, 2.45) is 0 Å². The average molecular weight is 489 g/mol. The van der Waals surface area contributed by atoms with E-state index in [0.717, 1.165) is 22.3 Å². The highest BCUT2D eigenvalue weighted by Crippen LogP contribution is 2.29. The molecule has 3 aromatic rings. The Kier molecular flexibility index (Phi) is 7.37. The van der Waals surface area contributed by atoms with Crippen LogP contribution in [0.1, 0.15) is 48.4 Å². The lowest BCUT2D eigenvalue weighted by Gasteiger charge is -2.28. The third kappa shape index (κ3) is 5.63. The van der Waals surface area contributed by atoms with Gasteiger partial charge in [0.05, 0.1) is 18.5 Å². The molecule has 0 N–H and O–H groups in total. The number of rotatable bonds is 7. The fraction of sp³-hybridized carbons (Fsp3) is 0.276. The van der Waals surface area contributed by atoms with Gasteiger partial charge in [0.1, 0.15) is 6.04 Å². The summed E-state index contributed by atoms with van der Waals surface area (Å²) in [6.07, 6.45) is 0.0765. The first kappa shape index (κ1) is 24.7. The SMILES string of the molecule is Cc1ccc(CN(C(=O)Cc2ccc(Cl)cc2)C2CC(=O)N(c3ccc(C(C)C)cc3)C2=O)cc1. The molecule has 180 valence electrons. The van der Waals surface area contributed by atoms with E-state index in [1.165, 1.54) is 4.90 Å². The standard InChI is InChI=1S/C29H29ClN2O3/c1-19(2)23-10-14-25(15-11-23)32-28(34)17-26(29(32)35)31(18-22-6-4-20(3)5-7-22)27(33)16-21-8-12-24(30)13-9-21/h4-15,19,26H,16-18H2,1-3H3. The molecule has 3 amide bonds. The summed E-state index contributed by atoms with van der Waals surface area (Å²) in [6, 6.07) is 21.5. The number of carbonyl (C=O) groups excluding carboxylic acids is 3. The molecule has 1 aliphatic rings. The van der Waals surface area contributed by atoms with Crippen molar-refractivity contribution in [2.45, 2.75) is 52.1 Å². The highest BCUT2D eigenvalue weighted by atomic mass is 35.5. The van der Waals surface area contributed by atoms with Crippen molar-refractivity contribution in [3.63, 3.8) is 0 Å². The average Bonchev–Trinajstić information content (AvgIpc) is 3.13. The first-order valence-electron chi connectivity index (χ1n) is 11.8. The Morgan fingerprint density at radius 1 is 0.943 bits per heavy atom. The topological polar surface area (TPSA) is 57.7 Å². The number of anilines is 1. The normalized spacial score (nSPS) is 15.7. The number of benzene rings is 3. The van der Waals surface area contributed by atoms with Crippen LogP contribution < -0.4 is 4.90 Å². The van der Waals surface area contributed by atoms with Gasteiger partial charge in [0, 0.05) is 11.6 Å². The van der Waals surface area contributed by atoms with Crippen molar-refractivity contribution in [3.8, 4) is 0 Å². The van der Waals surface area contributed by atoms with E-state index in [9.17, 15) is 14.4 Å². The number of aryl methyl sites for hydroxylation is 1. The van der Waals surface area contributed by atoms with E-state index in [0.29, 0.717) is 16.6 Å². The van der Waals surface area contributed by atoms with Gasteiger partial charge in [-0.05, 0) is 53.8 Å². The van der Waals surface area contributed by atoms with E-state index >= 15 is 0 Å². The first-order valence-corrected chi connectivity index (χ1v) is 12.2. The van der Waals surface area contributed by atoms with Crippen LogP contribution in [0.4, 0.5) is 5.69 Å². The number of hydrogen-bond donors (Lipinski definition) is 0. The molecule has 0 aromatic heterocycles. The summed E-state index contributed by atoms with van der Waals surface area (Å²) < 4.78 is 0. The molecule has 0 saturated carbocycles. The van der Waals surface area contributed by atoms with E-state index in [2.05, 4.69) is 13.8 Å². The molecular formula is C29H29ClN2O3. The molecule has 1 heterocycles. The van der Waals surface area contributed by atoms with E-state index in [4.69, 9.17) is 11.6 Å². The van der Waals surface area contributed by atoms with Crippen LogP contribution in [0.25, 0.3) is 0 Å². The van der Waals surface area contributed by atoms with Crippen molar-refractivity contribution >= 4 is 35.0 Å². The lowest BCUT2D eigenvalue weighted by Crippen LogP contribution is -2.45. The van der Waals surface area contributed by atoms with Gasteiger partial charge in [-0.25, -0.2) is 4.90 Å². The second kappa shape index (κ2) is 10.4. The summed E-state index contributed by atoms with van der Waals surface area (Å²) in [7, 11) is 0. The van der Waals surface area contributed by atoms with E-state index < -0.39 is 6.04 Å². The van der Waals surface area contributed by atoms with Crippen molar-refractivity contribution in [1.29, 1.82) is 0 Å². The Bertz CT molecular complexity index is 1220. The molecule has 1 saturated heterocycles. The number of imide groups is 1. The van der Waals surface area contributed by atoms with Crippen LogP contribution >= 0.6 is 11.6 Å². The molecule has 35 heavy (non-hydrogen) atoms. The predicted molar refractivity (Wildman–Crippen MR) is 138 cm³/mol. The fourth-order valence-corrected chi connectivity index (χ4v) is 4.41. The third-order valence-corrected chi connectivity index (χ3v) is 6.63. The molecule has 1 unspecified atom stereocenters. The highest BCUT2D eigenvalue weighted by Gasteiger charge is 2.44. The molecule has 0 aliphatic carbocycles. The van der Waals surface area contributed by atoms with Crippen LogP contribution in [0.2, 0.25) is 5.02 Å². The van der Waals surface area contributed by atoms with Crippen LogP contribution in [-0.4, -0.2) is 28.7 Å². The van der Waals surface area contributed by atoms with Gasteiger partial charge >= 0.3 is 0 Å². The summed E-state index contributed by atoms with van der Waals surface area (Å²) in [5.74, 6) is -0.539. The van der Waals surface area contributed by atoms with Gasteiger partial charge in [-0.2, -0.15) is 0 Å². The predicted octanol–water partition coefficient (Wildman–Crippen LogP) is 5.68. The smallest absolute Gasteiger partial charge is 0.257 e. The van der Waals surface area contributed by atoms with Crippen LogP contribution in [0.3, 0.4) is 0 Å². The summed E-state index contributed by atoms with van der Waals surface area (Å²) in [4.78, 5) is 42.7. The van der Waals surface area contributed by atoms with Crippen molar-refractivity contribution in [2.75, 3.05) is 4.90 Å². The van der Waals surface area contributed by atoms with Crippen molar-refractivity contribution in [1.82, 2.24) is 4.90 Å². The van der Waals surface area contributed by atoms with Crippen LogP contribution in [0.5, 0.6) is 0 Å². The molecule has 3 aromatic carbocycles. The summed E-state index contributed by atoms with van der Waals surface area (Å²) in [5.41, 5.74) is 4.47. The zero-order chi connectivity index (χ0) is 25.1. The number of amides is 3. The zero-order valence-electron chi connectivity index (χ0n) is 20.2. The largest absolute Gasteiger partial charge is 0.325 e. The van der Waals surface area contributed by atoms with Gasteiger partial charge in [0.15, 0.2) is 0 Å². The number of hydrogen-bond acceptors (Lipinski definition) is 3.